The number of carbonyl (C=O) groups is 1. The highest BCUT2D eigenvalue weighted by Gasteiger charge is 2.48. The van der Waals surface area contributed by atoms with Crippen LogP contribution in [0.4, 0.5) is 5.95 Å². The van der Waals surface area contributed by atoms with Gasteiger partial charge in [-0.1, -0.05) is 18.2 Å². The van der Waals surface area contributed by atoms with Gasteiger partial charge < -0.3 is 9.80 Å². The number of thioether (sulfide) groups is 1. The summed E-state index contributed by atoms with van der Waals surface area (Å²) in [6.45, 7) is 4.84. The third-order valence-electron chi connectivity index (χ3n) is 7.92. The van der Waals surface area contributed by atoms with Crippen LogP contribution in [0.3, 0.4) is 0 Å². The molecule has 38 heavy (non-hydrogen) atoms. The maximum atomic E-state index is 13.2. The van der Waals surface area contributed by atoms with Crippen LogP contribution in [0.2, 0.25) is 0 Å². The number of hydrogen-bond acceptors (Lipinski definition) is 6. The summed E-state index contributed by atoms with van der Waals surface area (Å²) in [5, 5.41) is 12.0. The lowest BCUT2D eigenvalue weighted by Crippen LogP contribution is -2.60. The summed E-state index contributed by atoms with van der Waals surface area (Å²) in [6.07, 6.45) is 8.60. The number of quaternary nitrogens is 1. The molecule has 5 heterocycles. The van der Waals surface area contributed by atoms with Crippen LogP contribution in [-0.4, -0.2) is 80.9 Å². The van der Waals surface area contributed by atoms with E-state index in [9.17, 15) is 10.1 Å². The van der Waals surface area contributed by atoms with Gasteiger partial charge in [-0.25, -0.2) is 4.98 Å². The van der Waals surface area contributed by atoms with E-state index in [0.29, 0.717) is 16.7 Å². The summed E-state index contributed by atoms with van der Waals surface area (Å²) in [5.41, 5.74) is 5.56. The van der Waals surface area contributed by atoms with E-state index in [1.165, 1.54) is 5.70 Å². The summed E-state index contributed by atoms with van der Waals surface area (Å²) in [6, 6.07) is 18.2. The summed E-state index contributed by atoms with van der Waals surface area (Å²) >= 11 is 1.82. The molecule has 1 atom stereocenters. The van der Waals surface area contributed by atoms with Gasteiger partial charge in [-0.05, 0) is 36.4 Å². The van der Waals surface area contributed by atoms with Gasteiger partial charge >= 0.3 is 0 Å². The van der Waals surface area contributed by atoms with E-state index < -0.39 is 0 Å². The van der Waals surface area contributed by atoms with Gasteiger partial charge in [-0.3, -0.25) is 9.36 Å². The van der Waals surface area contributed by atoms with Crippen LogP contribution in [0.5, 0.6) is 0 Å². The predicted octanol–water partition coefficient (Wildman–Crippen LogP) is 3.64. The topological polar surface area (TPSA) is 68.4 Å². The van der Waals surface area contributed by atoms with Gasteiger partial charge in [0, 0.05) is 43.2 Å². The van der Waals surface area contributed by atoms with Crippen molar-refractivity contribution in [3.8, 4) is 11.8 Å². The third-order valence-corrected chi connectivity index (χ3v) is 8.88. The van der Waals surface area contributed by atoms with Gasteiger partial charge in [0.1, 0.15) is 12.7 Å². The van der Waals surface area contributed by atoms with E-state index in [0.717, 1.165) is 72.6 Å². The van der Waals surface area contributed by atoms with Gasteiger partial charge in [0.05, 0.1) is 47.2 Å². The molecule has 2 fully saturated rings. The Labute approximate surface area is 225 Å². The molecule has 4 aliphatic heterocycles. The Morgan fingerprint density at radius 3 is 2.66 bits per heavy atom. The minimum absolute atomic E-state index is 0.183. The zero-order chi connectivity index (χ0) is 25.7. The third kappa shape index (κ3) is 3.68. The van der Waals surface area contributed by atoms with Crippen molar-refractivity contribution >= 4 is 34.7 Å². The van der Waals surface area contributed by atoms with Crippen molar-refractivity contribution in [1.82, 2.24) is 19.5 Å². The van der Waals surface area contributed by atoms with E-state index in [1.54, 1.807) is 0 Å². The number of rotatable bonds is 4. The van der Waals surface area contributed by atoms with Crippen LogP contribution < -0.4 is 4.90 Å². The number of amides is 1. The van der Waals surface area contributed by atoms with E-state index in [2.05, 4.69) is 57.1 Å². The predicted molar refractivity (Wildman–Crippen MR) is 149 cm³/mol. The molecule has 190 valence electrons. The van der Waals surface area contributed by atoms with Crippen LogP contribution >= 0.6 is 11.8 Å². The first kappa shape index (κ1) is 23.3. The van der Waals surface area contributed by atoms with Crippen molar-refractivity contribution in [2.45, 2.75) is 0 Å². The largest absolute Gasteiger partial charge is 0.339 e. The summed E-state index contributed by atoms with van der Waals surface area (Å²) < 4.78 is 2.78. The number of para-hydroxylation sites is 1. The lowest BCUT2D eigenvalue weighted by molar-refractivity contribution is -0.948. The maximum Gasteiger partial charge on any atom is 0.256 e. The second-order valence-electron chi connectivity index (χ2n) is 10.0. The molecule has 0 spiro atoms. The Morgan fingerprint density at radius 2 is 1.89 bits per heavy atom. The zero-order valence-electron chi connectivity index (χ0n) is 21.0. The Bertz CT molecular complexity index is 1550. The number of imidazole rings is 1. The monoisotopic (exact) mass is 522 g/mol. The lowest BCUT2D eigenvalue weighted by atomic mass is 10.2. The summed E-state index contributed by atoms with van der Waals surface area (Å²) in [7, 11) is 0. The SMILES string of the molecule is N#Cc1ccc2nc(N3CCN([N@@+]45C=CC=C4C=C(C(=O)N4CCSC4)C5)CC3)n(-c3ccccc3)c2c1. The van der Waals surface area contributed by atoms with Crippen molar-refractivity contribution in [2.24, 2.45) is 0 Å². The van der Waals surface area contributed by atoms with Gasteiger partial charge in [-0.2, -0.15) is 9.85 Å². The Morgan fingerprint density at radius 1 is 1.05 bits per heavy atom. The number of piperazine rings is 1. The quantitative estimate of drug-likeness (QED) is 0.488. The number of fused-ring (bicyclic) bond motifs is 2. The molecule has 2 saturated heterocycles. The molecule has 0 radical (unpaired) electrons. The maximum absolute atomic E-state index is 13.2. The number of hydrogen-bond donors (Lipinski definition) is 0. The number of anilines is 1. The average Bonchev–Trinajstić information content (AvgIpc) is 3.75. The van der Waals surface area contributed by atoms with Crippen LogP contribution in [0.1, 0.15) is 5.56 Å². The van der Waals surface area contributed by atoms with Gasteiger partial charge in [0.2, 0.25) is 5.95 Å². The molecule has 7 rings (SSSR count). The number of carbonyl (C=O) groups excluding carboxylic acids is 1. The van der Waals surface area contributed by atoms with Crippen LogP contribution in [0, 0.1) is 11.3 Å². The fraction of sp³-hybridized carbons (Fsp3) is 0.276. The van der Waals surface area contributed by atoms with Crippen LogP contribution in [-0.2, 0) is 4.79 Å². The minimum atomic E-state index is 0.183. The van der Waals surface area contributed by atoms with Crippen molar-refractivity contribution in [2.75, 3.05) is 55.8 Å². The molecule has 0 aliphatic carbocycles. The van der Waals surface area contributed by atoms with E-state index in [1.807, 2.05) is 53.1 Å². The second-order valence-corrected chi connectivity index (χ2v) is 11.1. The molecule has 0 bridgehead atoms. The number of nitrogens with zero attached hydrogens (tertiary/aromatic N) is 7. The number of nitriles is 1. The average molecular weight is 523 g/mol. The van der Waals surface area contributed by atoms with Crippen molar-refractivity contribution in [3.63, 3.8) is 0 Å². The molecule has 2 aromatic carbocycles. The zero-order valence-corrected chi connectivity index (χ0v) is 21.8. The molecular weight excluding hydrogens is 494 g/mol. The fourth-order valence-corrected chi connectivity index (χ4v) is 6.93. The molecule has 1 amide bonds. The highest BCUT2D eigenvalue weighted by atomic mass is 32.2. The lowest BCUT2D eigenvalue weighted by Gasteiger charge is -2.44. The first-order chi connectivity index (χ1) is 18.7. The second kappa shape index (κ2) is 9.17. The standard InChI is InChI=1S/C29H28N7OS/c30-19-22-8-9-26-27(17-22)35(24-5-2-1-3-6-24)29(31-26)32-10-12-34(13-11-32)36-15-4-7-25(36)18-23(20-36)28(37)33-14-16-38-21-33/h1-9,15,17-18H,10-14,16,20-21H2/q+1/t36-/m1/s1. The first-order valence-corrected chi connectivity index (χ1v) is 14.2. The van der Waals surface area contributed by atoms with Gasteiger partial charge in [0.15, 0.2) is 5.70 Å². The highest BCUT2D eigenvalue weighted by Crippen LogP contribution is 2.38. The van der Waals surface area contributed by atoms with Crippen molar-refractivity contribution in [1.29, 1.82) is 5.26 Å². The fourth-order valence-electron chi connectivity index (χ4n) is 5.98. The normalized spacial score (nSPS) is 23.0. The van der Waals surface area contributed by atoms with Gasteiger partial charge in [-0.15, -0.1) is 16.8 Å². The Balaban J connectivity index is 1.15. The molecule has 8 nitrogen and oxygen atoms in total. The number of allylic oxidation sites excluding steroid dienone is 3. The molecule has 0 unspecified atom stereocenters. The molecular formula is C29H28N7OS+. The first-order valence-electron chi connectivity index (χ1n) is 13.0. The minimum Gasteiger partial charge on any atom is -0.339 e. The number of aromatic nitrogens is 2. The molecule has 0 N–H and O–H groups in total. The van der Waals surface area contributed by atoms with E-state index >= 15 is 0 Å². The van der Waals surface area contributed by atoms with Crippen molar-refractivity contribution in [3.05, 3.63) is 89.8 Å². The number of benzene rings is 2. The van der Waals surface area contributed by atoms with Gasteiger partial charge in [0.25, 0.3) is 5.91 Å². The Kier molecular flexibility index (Phi) is 5.62. The van der Waals surface area contributed by atoms with Crippen LogP contribution in [0.15, 0.2) is 84.2 Å². The summed E-state index contributed by atoms with van der Waals surface area (Å²) in [5.74, 6) is 2.90. The molecule has 3 aromatic rings. The van der Waals surface area contributed by atoms with Crippen LogP contribution in [0.25, 0.3) is 16.7 Å². The summed E-state index contributed by atoms with van der Waals surface area (Å²) in [4.78, 5) is 22.5. The molecule has 0 saturated carbocycles. The molecule has 9 heteroatoms. The Hall–Kier alpha value is -3.84. The molecule has 1 aromatic heterocycles. The van der Waals surface area contributed by atoms with E-state index in [4.69, 9.17) is 4.98 Å². The molecule has 4 aliphatic rings. The highest BCUT2D eigenvalue weighted by molar-refractivity contribution is 7.99. The van der Waals surface area contributed by atoms with E-state index in [-0.39, 0.29) is 5.91 Å². The smallest absolute Gasteiger partial charge is 0.256 e. The van der Waals surface area contributed by atoms with Crippen molar-refractivity contribution < 1.29 is 9.39 Å².